The SMILES string of the molecule is Cc1nc(NC(C)Cc2ccsc2)cc(=O)[nH]1. The molecule has 0 aromatic carbocycles. The van der Waals surface area contributed by atoms with Crippen molar-refractivity contribution in [2.45, 2.75) is 26.3 Å². The van der Waals surface area contributed by atoms with Gasteiger partial charge in [-0.05, 0) is 42.7 Å². The topological polar surface area (TPSA) is 57.8 Å². The van der Waals surface area contributed by atoms with Crippen LogP contribution in [-0.2, 0) is 6.42 Å². The van der Waals surface area contributed by atoms with Crippen LogP contribution in [0.25, 0.3) is 0 Å². The minimum Gasteiger partial charge on any atom is -0.367 e. The Labute approximate surface area is 104 Å². The van der Waals surface area contributed by atoms with E-state index in [0.717, 1.165) is 6.42 Å². The molecule has 0 saturated heterocycles. The Morgan fingerprint density at radius 3 is 3.06 bits per heavy atom. The van der Waals surface area contributed by atoms with Crippen molar-refractivity contribution >= 4 is 17.2 Å². The third kappa shape index (κ3) is 3.42. The summed E-state index contributed by atoms with van der Waals surface area (Å²) >= 11 is 1.69. The van der Waals surface area contributed by atoms with E-state index < -0.39 is 0 Å². The van der Waals surface area contributed by atoms with Crippen molar-refractivity contribution in [3.63, 3.8) is 0 Å². The number of H-pyrrole nitrogens is 1. The molecule has 2 N–H and O–H groups in total. The first-order valence-electron chi connectivity index (χ1n) is 5.49. The van der Waals surface area contributed by atoms with Gasteiger partial charge in [0.1, 0.15) is 11.6 Å². The molecule has 0 aliphatic rings. The summed E-state index contributed by atoms with van der Waals surface area (Å²) in [4.78, 5) is 18.1. The van der Waals surface area contributed by atoms with E-state index in [4.69, 9.17) is 0 Å². The van der Waals surface area contributed by atoms with E-state index in [0.29, 0.717) is 11.6 Å². The Bertz CT molecular complexity index is 533. The molecule has 0 spiro atoms. The lowest BCUT2D eigenvalue weighted by molar-refractivity contribution is 0.783. The minimum atomic E-state index is -0.122. The molecule has 0 amide bonds. The average Bonchev–Trinajstić information content (AvgIpc) is 2.67. The summed E-state index contributed by atoms with van der Waals surface area (Å²) in [5.41, 5.74) is 1.18. The summed E-state index contributed by atoms with van der Waals surface area (Å²) in [5, 5.41) is 7.44. The molecule has 0 bridgehead atoms. The highest BCUT2D eigenvalue weighted by Crippen LogP contribution is 2.11. The Morgan fingerprint density at radius 1 is 1.59 bits per heavy atom. The van der Waals surface area contributed by atoms with E-state index in [1.165, 1.54) is 11.6 Å². The summed E-state index contributed by atoms with van der Waals surface area (Å²) in [5.74, 6) is 1.26. The molecule has 90 valence electrons. The van der Waals surface area contributed by atoms with Gasteiger partial charge in [0, 0.05) is 12.1 Å². The van der Waals surface area contributed by atoms with Crippen molar-refractivity contribution in [3.8, 4) is 0 Å². The molecule has 0 aliphatic carbocycles. The summed E-state index contributed by atoms with van der Waals surface area (Å²) in [6.45, 7) is 3.85. The maximum absolute atomic E-state index is 11.3. The molecule has 2 aromatic rings. The van der Waals surface area contributed by atoms with Crippen molar-refractivity contribution in [3.05, 3.63) is 44.6 Å². The standard InChI is InChI=1S/C12H15N3OS/c1-8(5-10-3-4-17-7-10)13-11-6-12(16)15-9(2)14-11/h3-4,6-8H,5H2,1-2H3,(H2,13,14,15,16). The number of thiophene rings is 1. The maximum Gasteiger partial charge on any atom is 0.252 e. The molecule has 17 heavy (non-hydrogen) atoms. The van der Waals surface area contributed by atoms with Gasteiger partial charge >= 0.3 is 0 Å². The molecule has 4 nitrogen and oxygen atoms in total. The van der Waals surface area contributed by atoms with Crippen LogP contribution >= 0.6 is 11.3 Å². The Balaban J connectivity index is 2.02. The number of nitrogens with one attached hydrogen (secondary N) is 2. The predicted octanol–water partition coefficient (Wildman–Crippen LogP) is 2.18. The fraction of sp³-hybridized carbons (Fsp3) is 0.333. The second kappa shape index (κ2) is 5.14. The summed E-state index contributed by atoms with van der Waals surface area (Å²) in [6.07, 6.45) is 0.928. The number of aryl methyl sites for hydroxylation is 1. The lowest BCUT2D eigenvalue weighted by Gasteiger charge is -2.13. The smallest absolute Gasteiger partial charge is 0.252 e. The highest BCUT2D eigenvalue weighted by Gasteiger charge is 2.05. The fourth-order valence-electron chi connectivity index (χ4n) is 1.72. The Hall–Kier alpha value is -1.62. The molecule has 1 atom stereocenters. The van der Waals surface area contributed by atoms with E-state index in [9.17, 15) is 4.79 Å². The van der Waals surface area contributed by atoms with Crippen LogP contribution in [0.2, 0.25) is 0 Å². The van der Waals surface area contributed by atoms with E-state index in [1.54, 1.807) is 18.3 Å². The average molecular weight is 249 g/mol. The highest BCUT2D eigenvalue weighted by atomic mass is 32.1. The lowest BCUT2D eigenvalue weighted by Crippen LogP contribution is -2.21. The third-order valence-electron chi connectivity index (χ3n) is 2.38. The Morgan fingerprint density at radius 2 is 2.41 bits per heavy atom. The molecule has 2 rings (SSSR count). The largest absolute Gasteiger partial charge is 0.367 e. The van der Waals surface area contributed by atoms with Crippen molar-refractivity contribution in [1.29, 1.82) is 0 Å². The van der Waals surface area contributed by atoms with Crippen LogP contribution in [0.1, 0.15) is 18.3 Å². The van der Waals surface area contributed by atoms with Gasteiger partial charge in [0.05, 0.1) is 0 Å². The van der Waals surface area contributed by atoms with E-state index in [-0.39, 0.29) is 11.6 Å². The number of aromatic nitrogens is 2. The molecular formula is C12H15N3OS. The zero-order valence-electron chi connectivity index (χ0n) is 9.86. The van der Waals surface area contributed by atoms with Crippen LogP contribution in [0.5, 0.6) is 0 Å². The molecule has 0 radical (unpaired) electrons. The van der Waals surface area contributed by atoms with Crippen LogP contribution in [-0.4, -0.2) is 16.0 Å². The maximum atomic E-state index is 11.3. The molecule has 0 fully saturated rings. The monoisotopic (exact) mass is 249 g/mol. The van der Waals surface area contributed by atoms with Gasteiger partial charge in [-0.15, -0.1) is 0 Å². The van der Waals surface area contributed by atoms with Crippen molar-refractivity contribution in [2.75, 3.05) is 5.32 Å². The molecule has 1 unspecified atom stereocenters. The second-order valence-corrected chi connectivity index (χ2v) is 4.88. The van der Waals surface area contributed by atoms with E-state index in [2.05, 4.69) is 39.0 Å². The molecular weight excluding hydrogens is 234 g/mol. The quantitative estimate of drug-likeness (QED) is 0.873. The highest BCUT2D eigenvalue weighted by molar-refractivity contribution is 7.07. The predicted molar refractivity (Wildman–Crippen MR) is 70.7 cm³/mol. The van der Waals surface area contributed by atoms with Crippen molar-refractivity contribution in [1.82, 2.24) is 9.97 Å². The summed E-state index contributed by atoms with van der Waals surface area (Å²) < 4.78 is 0. The number of anilines is 1. The van der Waals surface area contributed by atoms with Gasteiger partial charge in [0.25, 0.3) is 5.56 Å². The molecule has 0 aliphatic heterocycles. The Kier molecular flexibility index (Phi) is 3.58. The number of aromatic amines is 1. The van der Waals surface area contributed by atoms with E-state index >= 15 is 0 Å². The first-order valence-corrected chi connectivity index (χ1v) is 6.43. The zero-order valence-corrected chi connectivity index (χ0v) is 10.7. The van der Waals surface area contributed by atoms with Gasteiger partial charge in [-0.2, -0.15) is 11.3 Å². The van der Waals surface area contributed by atoms with Crippen LogP contribution in [0.3, 0.4) is 0 Å². The van der Waals surface area contributed by atoms with E-state index in [1.807, 2.05) is 0 Å². The van der Waals surface area contributed by atoms with Crippen LogP contribution < -0.4 is 10.9 Å². The van der Waals surface area contributed by atoms with Crippen molar-refractivity contribution < 1.29 is 0 Å². The zero-order chi connectivity index (χ0) is 12.3. The second-order valence-electron chi connectivity index (χ2n) is 4.10. The van der Waals surface area contributed by atoms with Crippen LogP contribution in [0, 0.1) is 6.92 Å². The molecule has 5 heteroatoms. The number of nitrogens with zero attached hydrogens (tertiary/aromatic N) is 1. The van der Waals surface area contributed by atoms with Crippen molar-refractivity contribution in [2.24, 2.45) is 0 Å². The molecule has 2 aromatic heterocycles. The first-order chi connectivity index (χ1) is 8.13. The number of hydrogen-bond donors (Lipinski definition) is 2. The van der Waals surface area contributed by atoms with Gasteiger partial charge < -0.3 is 10.3 Å². The fourth-order valence-corrected chi connectivity index (χ4v) is 2.40. The van der Waals surface area contributed by atoms with Gasteiger partial charge in [-0.3, -0.25) is 4.79 Å². The number of rotatable bonds is 4. The minimum absolute atomic E-state index is 0.122. The lowest BCUT2D eigenvalue weighted by atomic mass is 10.1. The molecule has 2 heterocycles. The first kappa shape index (κ1) is 11.9. The van der Waals surface area contributed by atoms with Gasteiger partial charge in [0.15, 0.2) is 0 Å². The molecule has 0 saturated carbocycles. The third-order valence-corrected chi connectivity index (χ3v) is 3.11. The van der Waals surface area contributed by atoms with Gasteiger partial charge in [-0.25, -0.2) is 4.98 Å². The normalized spacial score (nSPS) is 12.4. The summed E-state index contributed by atoms with van der Waals surface area (Å²) in [6, 6.07) is 3.84. The van der Waals surface area contributed by atoms with Crippen LogP contribution in [0.4, 0.5) is 5.82 Å². The van der Waals surface area contributed by atoms with Gasteiger partial charge in [0.2, 0.25) is 0 Å². The summed E-state index contributed by atoms with van der Waals surface area (Å²) in [7, 11) is 0. The van der Waals surface area contributed by atoms with Gasteiger partial charge in [-0.1, -0.05) is 0 Å². The number of hydrogen-bond acceptors (Lipinski definition) is 4. The van der Waals surface area contributed by atoms with Crippen LogP contribution in [0.15, 0.2) is 27.7 Å².